The van der Waals surface area contributed by atoms with Gasteiger partial charge >= 0.3 is 6.09 Å². The highest BCUT2D eigenvalue weighted by Crippen LogP contribution is 2.07. The molecule has 0 bridgehead atoms. The summed E-state index contributed by atoms with van der Waals surface area (Å²) in [6.07, 6.45) is 0.176. The fourth-order valence-electron chi connectivity index (χ4n) is 2.46. The maximum absolute atomic E-state index is 12.7. The summed E-state index contributed by atoms with van der Waals surface area (Å²) in [5.74, 6) is -0.977. The van der Waals surface area contributed by atoms with E-state index >= 15 is 0 Å². The van der Waals surface area contributed by atoms with Gasteiger partial charge in [0.05, 0.1) is 6.61 Å². The van der Waals surface area contributed by atoms with Crippen LogP contribution in [-0.2, 0) is 20.7 Å². The number of hydrogen-bond acceptors (Lipinski definition) is 5. The molecule has 1 aromatic carbocycles. The molecule has 0 heterocycles. The minimum absolute atomic E-state index is 0.0409. The van der Waals surface area contributed by atoms with Gasteiger partial charge in [0.1, 0.15) is 12.1 Å². The van der Waals surface area contributed by atoms with Crippen molar-refractivity contribution in [1.82, 2.24) is 10.6 Å². The van der Waals surface area contributed by atoms with Crippen molar-refractivity contribution in [2.75, 3.05) is 13.2 Å². The zero-order chi connectivity index (χ0) is 20.2. The van der Waals surface area contributed by atoms with Crippen LogP contribution in [0, 0.1) is 5.92 Å². The van der Waals surface area contributed by atoms with E-state index in [9.17, 15) is 14.4 Å². The zero-order valence-corrected chi connectivity index (χ0v) is 15.8. The van der Waals surface area contributed by atoms with Crippen LogP contribution in [0.1, 0.15) is 32.3 Å². The normalized spacial score (nSPS) is 12.9. The first-order valence-corrected chi connectivity index (χ1v) is 9.01. The Morgan fingerprint density at radius 1 is 1.11 bits per heavy atom. The third kappa shape index (κ3) is 9.05. The van der Waals surface area contributed by atoms with Gasteiger partial charge in [0.25, 0.3) is 0 Å². The Morgan fingerprint density at radius 3 is 2.33 bits per heavy atom. The van der Waals surface area contributed by atoms with E-state index in [4.69, 9.17) is 15.6 Å². The molecule has 0 spiro atoms. The molecule has 0 saturated carbocycles. The first-order valence-electron chi connectivity index (χ1n) is 9.01. The number of hydrogen-bond donors (Lipinski definition) is 4. The molecule has 150 valence electrons. The van der Waals surface area contributed by atoms with Crippen molar-refractivity contribution in [2.45, 2.75) is 45.2 Å². The molecule has 0 radical (unpaired) electrons. The molecule has 27 heavy (non-hydrogen) atoms. The number of carbonyl (C=O) groups is 3. The standard InChI is InChI=1S/C19H29N3O5/c1-13(2)11-15(17(20)24)21-18(25)16(12-14-7-4-3-5-8-14)22-19(26)27-10-6-9-23/h3-5,7-8,13,15-16,23H,6,9-12H2,1-2H3,(H2,20,24)(H,21,25)(H,22,26)/t15-,16-/m0/s1. The molecular weight excluding hydrogens is 350 g/mol. The number of rotatable bonds is 11. The summed E-state index contributed by atoms with van der Waals surface area (Å²) in [5.41, 5.74) is 6.22. The highest BCUT2D eigenvalue weighted by atomic mass is 16.5. The van der Waals surface area contributed by atoms with Crippen LogP contribution in [0.5, 0.6) is 0 Å². The van der Waals surface area contributed by atoms with Crippen molar-refractivity contribution in [3.05, 3.63) is 35.9 Å². The number of aliphatic hydroxyl groups is 1. The van der Waals surface area contributed by atoms with Crippen LogP contribution in [0.2, 0.25) is 0 Å². The summed E-state index contributed by atoms with van der Waals surface area (Å²) in [7, 11) is 0. The molecule has 0 aromatic heterocycles. The fourth-order valence-corrected chi connectivity index (χ4v) is 2.46. The SMILES string of the molecule is CC(C)C[C@H](NC(=O)[C@H](Cc1ccccc1)NC(=O)OCCCO)C(N)=O. The van der Waals surface area contributed by atoms with Gasteiger partial charge in [-0.05, 0) is 17.9 Å². The summed E-state index contributed by atoms with van der Waals surface area (Å²) < 4.78 is 4.94. The molecule has 1 aromatic rings. The maximum Gasteiger partial charge on any atom is 0.407 e. The van der Waals surface area contributed by atoms with Gasteiger partial charge in [-0.15, -0.1) is 0 Å². The van der Waals surface area contributed by atoms with E-state index in [1.807, 2.05) is 44.2 Å². The Labute approximate surface area is 159 Å². The van der Waals surface area contributed by atoms with Crippen molar-refractivity contribution < 1.29 is 24.2 Å². The first-order chi connectivity index (χ1) is 12.8. The van der Waals surface area contributed by atoms with Crippen molar-refractivity contribution in [1.29, 1.82) is 0 Å². The molecule has 3 amide bonds. The molecule has 5 N–H and O–H groups in total. The molecule has 8 heteroatoms. The third-order valence-corrected chi connectivity index (χ3v) is 3.79. The molecular formula is C19H29N3O5. The predicted molar refractivity (Wildman–Crippen MR) is 101 cm³/mol. The highest BCUT2D eigenvalue weighted by molar-refractivity contribution is 5.90. The second kappa shape index (κ2) is 11.9. The number of nitrogens with two attached hydrogens (primary N) is 1. The molecule has 0 aliphatic heterocycles. The van der Waals surface area contributed by atoms with Crippen LogP contribution in [0.4, 0.5) is 4.79 Å². The second-order valence-electron chi connectivity index (χ2n) is 6.69. The number of ether oxygens (including phenoxy) is 1. The van der Waals surface area contributed by atoms with Gasteiger partial charge in [0, 0.05) is 19.4 Å². The van der Waals surface area contributed by atoms with Crippen LogP contribution in [0.15, 0.2) is 30.3 Å². The van der Waals surface area contributed by atoms with E-state index in [-0.39, 0.29) is 25.6 Å². The van der Waals surface area contributed by atoms with E-state index < -0.39 is 30.0 Å². The largest absolute Gasteiger partial charge is 0.449 e. The van der Waals surface area contributed by atoms with Crippen molar-refractivity contribution >= 4 is 17.9 Å². The smallest absolute Gasteiger partial charge is 0.407 e. The summed E-state index contributed by atoms with van der Waals surface area (Å²) in [4.78, 5) is 36.2. The summed E-state index contributed by atoms with van der Waals surface area (Å²) in [6.45, 7) is 3.77. The van der Waals surface area contributed by atoms with Crippen molar-refractivity contribution in [3.63, 3.8) is 0 Å². The number of carbonyl (C=O) groups excluding carboxylic acids is 3. The van der Waals surface area contributed by atoms with Crippen LogP contribution >= 0.6 is 0 Å². The number of amides is 3. The van der Waals surface area contributed by atoms with Gasteiger partial charge < -0.3 is 26.2 Å². The average molecular weight is 379 g/mol. The van der Waals surface area contributed by atoms with Gasteiger partial charge in [-0.1, -0.05) is 44.2 Å². The molecule has 0 saturated heterocycles. The highest BCUT2D eigenvalue weighted by Gasteiger charge is 2.26. The lowest BCUT2D eigenvalue weighted by Crippen LogP contribution is -2.54. The lowest BCUT2D eigenvalue weighted by Gasteiger charge is -2.23. The van der Waals surface area contributed by atoms with Crippen LogP contribution < -0.4 is 16.4 Å². The number of aliphatic hydroxyl groups excluding tert-OH is 1. The Balaban J connectivity index is 2.82. The zero-order valence-electron chi connectivity index (χ0n) is 15.8. The van der Waals surface area contributed by atoms with Crippen LogP contribution in [0.3, 0.4) is 0 Å². The maximum atomic E-state index is 12.7. The van der Waals surface area contributed by atoms with E-state index in [0.29, 0.717) is 12.8 Å². The lowest BCUT2D eigenvalue weighted by atomic mass is 10.0. The average Bonchev–Trinajstić information content (AvgIpc) is 2.61. The van der Waals surface area contributed by atoms with Crippen LogP contribution in [0.25, 0.3) is 0 Å². The Hall–Kier alpha value is -2.61. The second-order valence-corrected chi connectivity index (χ2v) is 6.69. The predicted octanol–water partition coefficient (Wildman–Crippen LogP) is 0.723. The molecule has 0 aliphatic carbocycles. The number of alkyl carbamates (subject to hydrolysis) is 1. The van der Waals surface area contributed by atoms with E-state index in [2.05, 4.69) is 10.6 Å². The van der Waals surface area contributed by atoms with Gasteiger partial charge in [-0.2, -0.15) is 0 Å². The van der Waals surface area contributed by atoms with Gasteiger partial charge in [0.2, 0.25) is 11.8 Å². The monoisotopic (exact) mass is 379 g/mol. The topological polar surface area (TPSA) is 131 Å². The van der Waals surface area contributed by atoms with Gasteiger partial charge in [0.15, 0.2) is 0 Å². The van der Waals surface area contributed by atoms with E-state index in [0.717, 1.165) is 5.56 Å². The summed E-state index contributed by atoms with van der Waals surface area (Å²) in [6, 6.07) is 7.42. The molecule has 2 atom stereocenters. The van der Waals surface area contributed by atoms with Gasteiger partial charge in [-0.3, -0.25) is 9.59 Å². The Morgan fingerprint density at radius 2 is 1.78 bits per heavy atom. The van der Waals surface area contributed by atoms with Crippen molar-refractivity contribution in [3.8, 4) is 0 Å². The third-order valence-electron chi connectivity index (χ3n) is 3.79. The van der Waals surface area contributed by atoms with Crippen LogP contribution in [-0.4, -0.2) is 48.3 Å². The van der Waals surface area contributed by atoms with E-state index in [1.54, 1.807) is 0 Å². The number of benzene rings is 1. The van der Waals surface area contributed by atoms with E-state index in [1.165, 1.54) is 0 Å². The molecule has 0 fully saturated rings. The number of nitrogens with one attached hydrogen (secondary N) is 2. The molecule has 0 aliphatic rings. The van der Waals surface area contributed by atoms with Gasteiger partial charge in [-0.25, -0.2) is 4.79 Å². The minimum Gasteiger partial charge on any atom is -0.449 e. The molecule has 1 rings (SSSR count). The molecule has 8 nitrogen and oxygen atoms in total. The number of primary amides is 1. The Kier molecular flexibility index (Phi) is 9.89. The quantitative estimate of drug-likeness (QED) is 0.421. The summed E-state index contributed by atoms with van der Waals surface area (Å²) >= 11 is 0. The lowest BCUT2D eigenvalue weighted by molar-refractivity contribution is -0.128. The minimum atomic E-state index is -0.928. The fraction of sp³-hybridized carbons (Fsp3) is 0.526. The first kappa shape index (κ1) is 22.4. The molecule has 0 unspecified atom stereocenters. The summed E-state index contributed by atoms with van der Waals surface area (Å²) in [5, 5.41) is 13.9. The Bertz CT molecular complexity index is 607. The van der Waals surface area contributed by atoms with Crippen molar-refractivity contribution in [2.24, 2.45) is 11.7 Å².